The lowest BCUT2D eigenvalue weighted by Crippen LogP contribution is -2.40. The molecule has 2 heterocycles. The Hall–Kier alpha value is -4.69. The average Bonchev–Trinajstić information content (AvgIpc) is 3.37. The molecule has 6 rings (SSSR count). The van der Waals surface area contributed by atoms with Gasteiger partial charge >= 0.3 is 6.16 Å². The van der Waals surface area contributed by atoms with Crippen molar-refractivity contribution in [3.8, 4) is 0 Å². The lowest BCUT2D eigenvalue weighted by Gasteiger charge is -2.32. The normalized spacial score (nSPS) is 14.9. The standard InChI is InChI=1S/C35H35FN4O3/c36-29-16-12-26(13-17-29)24-40-32-9-5-4-8-31(32)38-34(40)37-30-19-22-39(23-20-30)21-18-25-10-14-28(15-11-25)33(43-35(41)42)27-6-2-1-3-7-27/h1-17,30,33H,18-24H2,(H,37,38)(H,41,42). The summed E-state index contributed by atoms with van der Waals surface area (Å²) in [5.41, 5.74) is 5.86. The number of anilines is 1. The first-order chi connectivity index (χ1) is 21.0. The fourth-order valence-electron chi connectivity index (χ4n) is 5.81. The van der Waals surface area contributed by atoms with E-state index in [1.807, 2.05) is 72.8 Å². The third-order valence-electron chi connectivity index (χ3n) is 8.15. The fraction of sp³-hybridized carbons (Fsp3) is 0.257. The lowest BCUT2D eigenvalue weighted by atomic mass is 9.99. The van der Waals surface area contributed by atoms with E-state index in [4.69, 9.17) is 9.72 Å². The Bertz CT molecular complexity index is 1650. The molecule has 2 N–H and O–H groups in total. The number of hydrogen-bond acceptors (Lipinski definition) is 5. The predicted molar refractivity (Wildman–Crippen MR) is 166 cm³/mol. The molecule has 0 saturated carbocycles. The number of para-hydroxylation sites is 2. The largest absolute Gasteiger partial charge is 0.506 e. The van der Waals surface area contributed by atoms with E-state index in [2.05, 4.69) is 33.0 Å². The zero-order chi connectivity index (χ0) is 29.6. The summed E-state index contributed by atoms with van der Waals surface area (Å²) in [6.07, 6.45) is 1.01. The molecule has 0 radical (unpaired) electrons. The summed E-state index contributed by atoms with van der Waals surface area (Å²) in [5, 5.41) is 13.0. The van der Waals surface area contributed by atoms with E-state index in [0.717, 1.165) is 72.6 Å². The number of carbonyl (C=O) groups is 1. The molecule has 0 aliphatic carbocycles. The van der Waals surface area contributed by atoms with Crippen LogP contribution in [0, 0.1) is 5.82 Å². The number of carboxylic acid groups (broad SMARTS) is 1. The highest BCUT2D eigenvalue weighted by molar-refractivity contribution is 5.78. The van der Waals surface area contributed by atoms with Gasteiger partial charge in [-0.3, -0.25) is 0 Å². The van der Waals surface area contributed by atoms with Crippen LogP contribution < -0.4 is 5.32 Å². The topological polar surface area (TPSA) is 79.6 Å². The Morgan fingerprint density at radius 1 is 0.884 bits per heavy atom. The van der Waals surface area contributed by atoms with Crippen LogP contribution in [-0.4, -0.2) is 51.4 Å². The predicted octanol–water partition coefficient (Wildman–Crippen LogP) is 7.13. The van der Waals surface area contributed by atoms with Crippen molar-refractivity contribution in [3.63, 3.8) is 0 Å². The molecule has 1 saturated heterocycles. The molecule has 0 amide bonds. The van der Waals surface area contributed by atoms with E-state index in [1.54, 1.807) is 0 Å². The van der Waals surface area contributed by atoms with E-state index >= 15 is 0 Å². The summed E-state index contributed by atoms with van der Waals surface area (Å²) in [6, 6.07) is 32.6. The Balaban J connectivity index is 1.04. The van der Waals surface area contributed by atoms with Crippen LogP contribution in [0.4, 0.5) is 15.1 Å². The second kappa shape index (κ2) is 13.1. The quantitative estimate of drug-likeness (QED) is 0.172. The number of fused-ring (bicyclic) bond motifs is 1. The van der Waals surface area contributed by atoms with Crippen LogP contribution in [0.1, 0.15) is 41.2 Å². The third kappa shape index (κ3) is 7.04. The molecule has 0 spiro atoms. The number of rotatable bonds is 10. The van der Waals surface area contributed by atoms with E-state index in [0.29, 0.717) is 12.6 Å². The minimum atomic E-state index is -1.29. The van der Waals surface area contributed by atoms with Crippen LogP contribution >= 0.6 is 0 Å². The number of halogens is 1. The molecule has 1 aliphatic rings. The fourth-order valence-corrected chi connectivity index (χ4v) is 5.81. The molecule has 8 heteroatoms. The summed E-state index contributed by atoms with van der Waals surface area (Å²) in [4.78, 5) is 18.7. The highest BCUT2D eigenvalue weighted by Gasteiger charge is 2.22. The molecule has 0 bridgehead atoms. The van der Waals surface area contributed by atoms with Gasteiger partial charge in [-0.2, -0.15) is 0 Å². The molecule has 4 aromatic carbocycles. The number of benzene rings is 4. The smallest absolute Gasteiger partial charge is 0.450 e. The van der Waals surface area contributed by atoms with Crippen molar-refractivity contribution in [2.24, 2.45) is 0 Å². The minimum Gasteiger partial charge on any atom is -0.450 e. The zero-order valence-corrected chi connectivity index (χ0v) is 23.9. The maximum atomic E-state index is 13.5. The molecule has 43 heavy (non-hydrogen) atoms. The SMILES string of the molecule is O=C(O)OC(c1ccccc1)c1ccc(CCN2CCC(Nc3nc4ccccc4n3Cc3ccc(F)cc3)CC2)cc1. The van der Waals surface area contributed by atoms with Gasteiger partial charge < -0.3 is 24.6 Å². The highest BCUT2D eigenvalue weighted by Crippen LogP contribution is 2.27. The summed E-state index contributed by atoms with van der Waals surface area (Å²) in [5.74, 6) is 0.619. The van der Waals surface area contributed by atoms with Gasteiger partial charge in [-0.05, 0) is 65.8 Å². The molecule has 220 valence electrons. The van der Waals surface area contributed by atoms with Crippen LogP contribution in [0.3, 0.4) is 0 Å². The van der Waals surface area contributed by atoms with Gasteiger partial charge in [0.25, 0.3) is 0 Å². The van der Waals surface area contributed by atoms with Crippen molar-refractivity contribution >= 4 is 23.1 Å². The molecular formula is C35H35FN4O3. The molecule has 1 fully saturated rings. The van der Waals surface area contributed by atoms with Gasteiger partial charge in [0.05, 0.1) is 17.6 Å². The van der Waals surface area contributed by atoms with Gasteiger partial charge in [-0.15, -0.1) is 0 Å². The van der Waals surface area contributed by atoms with Gasteiger partial charge in [0, 0.05) is 25.7 Å². The first kappa shape index (κ1) is 28.4. The van der Waals surface area contributed by atoms with Gasteiger partial charge in [0.15, 0.2) is 6.10 Å². The van der Waals surface area contributed by atoms with E-state index in [9.17, 15) is 14.3 Å². The summed E-state index contributed by atoms with van der Waals surface area (Å²) in [7, 11) is 0. The summed E-state index contributed by atoms with van der Waals surface area (Å²) in [6.45, 7) is 3.57. The molecule has 1 aromatic heterocycles. The number of likely N-dealkylation sites (tertiary alicyclic amines) is 1. The average molecular weight is 579 g/mol. The van der Waals surface area contributed by atoms with Crippen molar-refractivity contribution in [2.75, 3.05) is 25.0 Å². The van der Waals surface area contributed by atoms with Crippen LogP contribution in [0.25, 0.3) is 11.0 Å². The first-order valence-corrected chi connectivity index (χ1v) is 14.7. The van der Waals surface area contributed by atoms with Crippen LogP contribution in [0.2, 0.25) is 0 Å². The number of hydrogen-bond donors (Lipinski definition) is 2. The van der Waals surface area contributed by atoms with E-state index < -0.39 is 12.3 Å². The van der Waals surface area contributed by atoms with Crippen LogP contribution in [0.5, 0.6) is 0 Å². The van der Waals surface area contributed by atoms with Gasteiger partial charge in [-0.1, -0.05) is 78.9 Å². The minimum absolute atomic E-state index is 0.233. The maximum Gasteiger partial charge on any atom is 0.506 e. The highest BCUT2D eigenvalue weighted by atomic mass is 19.1. The number of piperidine rings is 1. The third-order valence-corrected chi connectivity index (χ3v) is 8.15. The number of imidazole rings is 1. The van der Waals surface area contributed by atoms with E-state index in [-0.39, 0.29) is 5.82 Å². The van der Waals surface area contributed by atoms with Gasteiger partial charge in [0.2, 0.25) is 5.95 Å². The van der Waals surface area contributed by atoms with E-state index in [1.165, 1.54) is 17.7 Å². The second-order valence-corrected chi connectivity index (χ2v) is 11.1. The van der Waals surface area contributed by atoms with Crippen molar-refractivity contribution in [1.82, 2.24) is 14.5 Å². The lowest BCUT2D eigenvalue weighted by molar-refractivity contribution is 0.0663. The first-order valence-electron chi connectivity index (χ1n) is 14.7. The summed E-state index contributed by atoms with van der Waals surface area (Å²) < 4.78 is 20.9. The van der Waals surface area contributed by atoms with Crippen molar-refractivity contribution in [1.29, 1.82) is 0 Å². The molecule has 1 unspecified atom stereocenters. The second-order valence-electron chi connectivity index (χ2n) is 11.1. The Morgan fingerprint density at radius 2 is 1.53 bits per heavy atom. The Labute approximate surface area is 250 Å². The van der Waals surface area contributed by atoms with Gasteiger partial charge in [0.1, 0.15) is 5.82 Å². The van der Waals surface area contributed by atoms with Crippen molar-refractivity contribution in [3.05, 3.63) is 131 Å². The molecular weight excluding hydrogens is 543 g/mol. The number of nitrogens with one attached hydrogen (secondary N) is 1. The maximum absolute atomic E-state index is 13.5. The Kier molecular flexibility index (Phi) is 8.65. The number of ether oxygens (including phenoxy) is 1. The molecule has 5 aromatic rings. The van der Waals surface area contributed by atoms with Gasteiger partial charge in [-0.25, -0.2) is 14.2 Å². The monoisotopic (exact) mass is 578 g/mol. The molecule has 1 aliphatic heterocycles. The van der Waals surface area contributed by atoms with Crippen LogP contribution in [0.15, 0.2) is 103 Å². The molecule has 7 nitrogen and oxygen atoms in total. The zero-order valence-electron chi connectivity index (χ0n) is 23.9. The Morgan fingerprint density at radius 3 is 2.26 bits per heavy atom. The van der Waals surface area contributed by atoms with Crippen molar-refractivity contribution in [2.45, 2.75) is 38.0 Å². The number of aromatic nitrogens is 2. The molecule has 1 atom stereocenters. The summed E-state index contributed by atoms with van der Waals surface area (Å²) >= 11 is 0. The number of nitrogens with zero attached hydrogens (tertiary/aromatic N) is 3. The van der Waals surface area contributed by atoms with Crippen molar-refractivity contribution < 1.29 is 19.0 Å². The van der Waals surface area contributed by atoms with Crippen LogP contribution in [-0.2, 0) is 17.7 Å².